The van der Waals surface area contributed by atoms with Crippen LogP contribution >= 0.6 is 11.9 Å². The molecule has 3 heteroatoms. The van der Waals surface area contributed by atoms with Crippen molar-refractivity contribution in [2.45, 2.75) is 31.2 Å². The van der Waals surface area contributed by atoms with Crippen LogP contribution in [0.1, 0.15) is 20.8 Å². The predicted octanol–water partition coefficient (Wildman–Crippen LogP) is 3.09. The van der Waals surface area contributed by atoms with E-state index in [1.54, 1.807) is 19.1 Å². The van der Waals surface area contributed by atoms with Gasteiger partial charge >= 0.3 is 0 Å². The lowest BCUT2D eigenvalue weighted by Gasteiger charge is -2.19. The Morgan fingerprint density at radius 3 is 2.57 bits per heavy atom. The minimum Gasteiger partial charge on any atom is -0.497 e. The van der Waals surface area contributed by atoms with Crippen molar-refractivity contribution in [3.63, 3.8) is 0 Å². The van der Waals surface area contributed by atoms with Crippen molar-refractivity contribution >= 4 is 11.9 Å². The third kappa shape index (κ3) is 4.03. The summed E-state index contributed by atoms with van der Waals surface area (Å²) in [4.78, 5) is 1.17. The molecule has 0 heterocycles. The third-order valence-electron chi connectivity index (χ3n) is 1.52. The van der Waals surface area contributed by atoms with Crippen LogP contribution in [0.3, 0.4) is 0 Å². The van der Waals surface area contributed by atoms with Crippen LogP contribution < -0.4 is 9.46 Å². The fourth-order valence-corrected chi connectivity index (χ4v) is 1.62. The van der Waals surface area contributed by atoms with E-state index in [9.17, 15) is 0 Å². The summed E-state index contributed by atoms with van der Waals surface area (Å²) in [7, 11) is 1.68. The third-order valence-corrected chi connectivity index (χ3v) is 2.72. The molecule has 14 heavy (non-hydrogen) atoms. The van der Waals surface area contributed by atoms with Gasteiger partial charge in [0, 0.05) is 10.4 Å². The quantitative estimate of drug-likeness (QED) is 0.776. The highest BCUT2D eigenvalue weighted by Gasteiger charge is 2.09. The van der Waals surface area contributed by atoms with Crippen molar-refractivity contribution in [2.24, 2.45) is 0 Å². The Kier molecular flexibility index (Phi) is 3.84. The number of benzene rings is 1. The van der Waals surface area contributed by atoms with Crippen LogP contribution in [0, 0.1) is 0 Å². The second-order valence-corrected chi connectivity index (χ2v) is 5.01. The van der Waals surface area contributed by atoms with Crippen LogP contribution in [0.5, 0.6) is 5.75 Å². The van der Waals surface area contributed by atoms with E-state index < -0.39 is 0 Å². The molecule has 0 radical (unpaired) electrons. The van der Waals surface area contributed by atoms with E-state index in [1.165, 1.54) is 4.90 Å². The molecule has 0 unspecified atom stereocenters. The van der Waals surface area contributed by atoms with Crippen LogP contribution in [0.2, 0.25) is 0 Å². The highest BCUT2D eigenvalue weighted by molar-refractivity contribution is 7.97. The summed E-state index contributed by atoms with van der Waals surface area (Å²) >= 11 is 1.63. The zero-order valence-corrected chi connectivity index (χ0v) is 9.94. The van der Waals surface area contributed by atoms with Crippen LogP contribution in [-0.4, -0.2) is 12.6 Å². The summed E-state index contributed by atoms with van der Waals surface area (Å²) in [5, 5.41) is 0. The second-order valence-electron chi connectivity index (χ2n) is 4.13. The highest BCUT2D eigenvalue weighted by atomic mass is 32.2. The molecule has 0 amide bonds. The summed E-state index contributed by atoms with van der Waals surface area (Å²) < 4.78 is 8.50. The smallest absolute Gasteiger partial charge is 0.120 e. The van der Waals surface area contributed by atoms with Crippen LogP contribution in [-0.2, 0) is 0 Å². The van der Waals surface area contributed by atoms with Gasteiger partial charge in [-0.2, -0.15) is 0 Å². The zero-order chi connectivity index (χ0) is 10.6. The molecule has 0 spiro atoms. The summed E-state index contributed by atoms with van der Waals surface area (Å²) in [6, 6.07) is 8.02. The van der Waals surface area contributed by atoms with Gasteiger partial charge in [-0.25, -0.2) is 0 Å². The van der Waals surface area contributed by atoms with Gasteiger partial charge in [0.25, 0.3) is 0 Å². The second kappa shape index (κ2) is 4.71. The first-order valence-electron chi connectivity index (χ1n) is 4.59. The lowest BCUT2D eigenvalue weighted by atomic mass is 10.1. The van der Waals surface area contributed by atoms with E-state index >= 15 is 0 Å². The van der Waals surface area contributed by atoms with Crippen molar-refractivity contribution < 1.29 is 4.74 Å². The minimum atomic E-state index is 0.119. The maximum Gasteiger partial charge on any atom is 0.120 e. The van der Waals surface area contributed by atoms with Gasteiger partial charge in [0.1, 0.15) is 5.75 Å². The first-order valence-corrected chi connectivity index (χ1v) is 5.41. The predicted molar refractivity (Wildman–Crippen MR) is 61.7 cm³/mol. The molecule has 1 rings (SSSR count). The SMILES string of the molecule is COc1cccc(SNC(C)(C)C)c1. The van der Waals surface area contributed by atoms with Crippen molar-refractivity contribution in [3.05, 3.63) is 24.3 Å². The van der Waals surface area contributed by atoms with Gasteiger partial charge in [-0.3, -0.25) is 4.72 Å². The standard InChI is InChI=1S/C11H17NOS/c1-11(2,3)12-14-10-7-5-6-9(8-10)13-4/h5-8,12H,1-4H3. The molecule has 0 aliphatic heterocycles. The molecule has 2 nitrogen and oxygen atoms in total. The molecular weight excluding hydrogens is 194 g/mol. The highest BCUT2D eigenvalue weighted by Crippen LogP contribution is 2.22. The molecule has 1 aromatic carbocycles. The Hall–Kier alpha value is -0.670. The number of hydrogen-bond donors (Lipinski definition) is 1. The summed E-state index contributed by atoms with van der Waals surface area (Å²) in [5.41, 5.74) is 0.119. The van der Waals surface area contributed by atoms with Gasteiger partial charge < -0.3 is 4.74 Å². The molecule has 1 N–H and O–H groups in total. The number of ether oxygens (including phenoxy) is 1. The van der Waals surface area contributed by atoms with E-state index in [-0.39, 0.29) is 5.54 Å². The Balaban J connectivity index is 2.59. The topological polar surface area (TPSA) is 21.3 Å². The van der Waals surface area contributed by atoms with Gasteiger partial charge in [0.2, 0.25) is 0 Å². The van der Waals surface area contributed by atoms with Crippen molar-refractivity contribution in [2.75, 3.05) is 7.11 Å². The lowest BCUT2D eigenvalue weighted by molar-refractivity contribution is 0.413. The molecule has 1 aromatic rings. The van der Waals surface area contributed by atoms with Crippen LogP contribution in [0.4, 0.5) is 0 Å². The largest absolute Gasteiger partial charge is 0.497 e. The Morgan fingerprint density at radius 1 is 1.29 bits per heavy atom. The van der Waals surface area contributed by atoms with Gasteiger partial charge in [-0.05, 0) is 50.9 Å². The van der Waals surface area contributed by atoms with Crippen LogP contribution in [0.25, 0.3) is 0 Å². The first-order chi connectivity index (χ1) is 6.51. The number of methoxy groups -OCH3 is 1. The zero-order valence-electron chi connectivity index (χ0n) is 9.13. The monoisotopic (exact) mass is 211 g/mol. The van der Waals surface area contributed by atoms with Crippen molar-refractivity contribution in [1.82, 2.24) is 4.72 Å². The van der Waals surface area contributed by atoms with E-state index in [1.807, 2.05) is 18.2 Å². The normalized spacial score (nSPS) is 11.4. The van der Waals surface area contributed by atoms with E-state index in [0.29, 0.717) is 0 Å². The van der Waals surface area contributed by atoms with Crippen molar-refractivity contribution in [1.29, 1.82) is 0 Å². The summed E-state index contributed by atoms with van der Waals surface area (Å²) in [5.74, 6) is 0.894. The fourth-order valence-electron chi connectivity index (χ4n) is 0.877. The summed E-state index contributed by atoms with van der Waals surface area (Å²) in [6.45, 7) is 6.42. The molecule has 0 saturated carbocycles. The fraction of sp³-hybridized carbons (Fsp3) is 0.455. The van der Waals surface area contributed by atoms with Gasteiger partial charge in [-0.1, -0.05) is 6.07 Å². The van der Waals surface area contributed by atoms with Gasteiger partial charge in [0.05, 0.1) is 7.11 Å². The Morgan fingerprint density at radius 2 is 2.00 bits per heavy atom. The van der Waals surface area contributed by atoms with Gasteiger partial charge in [0.15, 0.2) is 0 Å². The average molecular weight is 211 g/mol. The molecule has 0 aliphatic carbocycles. The molecule has 0 bridgehead atoms. The Labute approximate surface area is 90.2 Å². The van der Waals surface area contributed by atoms with E-state index in [2.05, 4.69) is 31.6 Å². The molecule has 0 aromatic heterocycles. The molecule has 0 saturated heterocycles. The first kappa shape index (κ1) is 11.4. The lowest BCUT2D eigenvalue weighted by Crippen LogP contribution is -2.29. The molecule has 0 atom stereocenters. The number of nitrogens with one attached hydrogen (secondary N) is 1. The average Bonchev–Trinajstić information content (AvgIpc) is 2.14. The number of hydrogen-bond acceptors (Lipinski definition) is 3. The van der Waals surface area contributed by atoms with Crippen molar-refractivity contribution in [3.8, 4) is 5.75 Å². The van der Waals surface area contributed by atoms with E-state index in [0.717, 1.165) is 5.75 Å². The molecular formula is C11H17NOS. The maximum atomic E-state index is 5.15. The maximum absolute atomic E-state index is 5.15. The Bertz CT molecular complexity index is 294. The van der Waals surface area contributed by atoms with Gasteiger partial charge in [-0.15, -0.1) is 0 Å². The molecule has 78 valence electrons. The minimum absolute atomic E-state index is 0.119. The number of rotatable bonds is 3. The summed E-state index contributed by atoms with van der Waals surface area (Å²) in [6.07, 6.45) is 0. The molecule has 0 aliphatic rings. The molecule has 0 fully saturated rings. The van der Waals surface area contributed by atoms with E-state index in [4.69, 9.17) is 4.74 Å². The van der Waals surface area contributed by atoms with Crippen LogP contribution in [0.15, 0.2) is 29.2 Å².